The zero-order chi connectivity index (χ0) is 13.7. The molecule has 0 aliphatic heterocycles. The molecule has 0 aromatic heterocycles. The van der Waals surface area contributed by atoms with E-state index >= 15 is 0 Å². The Kier molecular flexibility index (Phi) is 2.92. The summed E-state index contributed by atoms with van der Waals surface area (Å²) in [6, 6.07) is 9.66. The molecule has 1 nitrogen and oxygen atoms in total. The van der Waals surface area contributed by atoms with Crippen molar-refractivity contribution in [3.05, 3.63) is 29.8 Å². The van der Waals surface area contributed by atoms with Gasteiger partial charge in [-0.25, -0.2) is 0 Å². The predicted molar refractivity (Wildman–Crippen MR) is 82.5 cm³/mol. The zero-order valence-corrected chi connectivity index (χ0v) is 12.8. The van der Waals surface area contributed by atoms with Gasteiger partial charge in [0.15, 0.2) is 0 Å². The Balaban J connectivity index is 1.78. The Bertz CT molecular complexity index is 459. The molecule has 1 N–H and O–H groups in total. The molecule has 1 heteroatoms. The van der Waals surface area contributed by atoms with Crippen molar-refractivity contribution in [3.8, 4) is 0 Å². The molecule has 0 spiro atoms. The minimum atomic E-state index is 0.459. The van der Waals surface area contributed by atoms with Crippen molar-refractivity contribution in [1.29, 1.82) is 0 Å². The van der Waals surface area contributed by atoms with E-state index < -0.39 is 0 Å². The number of aryl methyl sites for hydroxylation is 1. The highest BCUT2D eigenvalue weighted by atomic mass is 15.0. The van der Waals surface area contributed by atoms with Crippen molar-refractivity contribution in [2.75, 3.05) is 5.32 Å². The fraction of sp³-hybridized carbons (Fsp3) is 0.667. The van der Waals surface area contributed by atoms with E-state index in [1.165, 1.54) is 30.5 Å². The molecule has 2 aliphatic rings. The molecule has 3 atom stereocenters. The maximum Gasteiger partial charge on any atom is 0.0342 e. The monoisotopic (exact) mass is 257 g/mol. The first kappa shape index (κ1) is 13.0. The minimum absolute atomic E-state index is 0.459. The molecule has 1 aromatic rings. The van der Waals surface area contributed by atoms with Gasteiger partial charge in [-0.1, -0.05) is 39.8 Å². The lowest BCUT2D eigenvalue weighted by Crippen LogP contribution is -2.40. The molecule has 3 rings (SSSR count). The van der Waals surface area contributed by atoms with Gasteiger partial charge in [-0.2, -0.15) is 0 Å². The van der Waals surface area contributed by atoms with Gasteiger partial charge in [-0.3, -0.25) is 0 Å². The molecule has 2 fully saturated rings. The van der Waals surface area contributed by atoms with Gasteiger partial charge in [0.25, 0.3) is 0 Å². The highest BCUT2D eigenvalue weighted by molar-refractivity contribution is 5.46. The Morgan fingerprint density at radius 1 is 1.16 bits per heavy atom. The van der Waals surface area contributed by atoms with Gasteiger partial charge in [0.05, 0.1) is 0 Å². The smallest absolute Gasteiger partial charge is 0.0342 e. The van der Waals surface area contributed by atoms with Gasteiger partial charge >= 0.3 is 0 Å². The quantitative estimate of drug-likeness (QED) is 0.814. The van der Waals surface area contributed by atoms with Gasteiger partial charge in [0.1, 0.15) is 0 Å². The Hall–Kier alpha value is -0.980. The summed E-state index contributed by atoms with van der Waals surface area (Å²) in [4.78, 5) is 0. The summed E-state index contributed by atoms with van der Waals surface area (Å²) >= 11 is 0. The molecule has 2 bridgehead atoms. The summed E-state index contributed by atoms with van der Waals surface area (Å²) in [5, 5.41) is 3.82. The third kappa shape index (κ3) is 1.81. The van der Waals surface area contributed by atoms with Gasteiger partial charge in [-0.05, 0) is 60.1 Å². The van der Waals surface area contributed by atoms with Crippen LogP contribution in [0.1, 0.15) is 52.5 Å². The lowest BCUT2D eigenvalue weighted by Gasteiger charge is -2.40. The molecule has 0 saturated heterocycles. The molecular formula is C18H27N. The number of benzene rings is 1. The number of anilines is 1. The van der Waals surface area contributed by atoms with E-state index in [4.69, 9.17) is 0 Å². The summed E-state index contributed by atoms with van der Waals surface area (Å²) < 4.78 is 0. The van der Waals surface area contributed by atoms with E-state index in [1.54, 1.807) is 0 Å². The van der Waals surface area contributed by atoms with Crippen molar-refractivity contribution < 1.29 is 0 Å². The van der Waals surface area contributed by atoms with Crippen LogP contribution >= 0.6 is 0 Å². The molecule has 1 aromatic carbocycles. The molecule has 2 aliphatic carbocycles. The van der Waals surface area contributed by atoms with E-state index in [2.05, 4.69) is 57.3 Å². The minimum Gasteiger partial charge on any atom is -0.382 e. The topological polar surface area (TPSA) is 12.0 Å². The summed E-state index contributed by atoms with van der Waals surface area (Å²) in [6.45, 7) is 9.67. The van der Waals surface area contributed by atoms with Gasteiger partial charge in [0.2, 0.25) is 0 Å². The van der Waals surface area contributed by atoms with Crippen LogP contribution in [0.2, 0.25) is 0 Å². The van der Waals surface area contributed by atoms with Crippen LogP contribution in [0.3, 0.4) is 0 Å². The molecule has 2 saturated carbocycles. The van der Waals surface area contributed by atoms with E-state index in [-0.39, 0.29) is 0 Å². The standard InChI is InChI=1S/C18H27N/c1-5-13-6-8-15(9-7-13)19-16-12-14-10-11-18(16,4)17(14,2)3/h6-9,14,16,19H,5,10-12H2,1-4H3. The summed E-state index contributed by atoms with van der Waals surface area (Å²) in [6.07, 6.45) is 5.28. The van der Waals surface area contributed by atoms with Crippen LogP contribution in [0.5, 0.6) is 0 Å². The van der Waals surface area contributed by atoms with Crippen molar-refractivity contribution in [2.45, 2.75) is 59.4 Å². The fourth-order valence-corrected chi connectivity index (χ4v) is 4.46. The van der Waals surface area contributed by atoms with Crippen molar-refractivity contribution in [3.63, 3.8) is 0 Å². The zero-order valence-electron chi connectivity index (χ0n) is 12.8. The molecule has 0 radical (unpaired) electrons. The van der Waals surface area contributed by atoms with Crippen LogP contribution in [0.15, 0.2) is 24.3 Å². The second-order valence-electron chi connectivity index (χ2n) is 7.36. The second-order valence-corrected chi connectivity index (χ2v) is 7.36. The fourth-order valence-electron chi connectivity index (χ4n) is 4.46. The maximum atomic E-state index is 3.82. The predicted octanol–water partition coefficient (Wildman–Crippen LogP) is 4.88. The Morgan fingerprint density at radius 2 is 1.84 bits per heavy atom. The number of hydrogen-bond acceptors (Lipinski definition) is 1. The van der Waals surface area contributed by atoms with Crippen LogP contribution in [-0.2, 0) is 6.42 Å². The average molecular weight is 257 g/mol. The van der Waals surface area contributed by atoms with E-state index in [0.717, 1.165) is 12.3 Å². The van der Waals surface area contributed by atoms with Crippen molar-refractivity contribution >= 4 is 5.69 Å². The molecule has 3 unspecified atom stereocenters. The first-order chi connectivity index (χ1) is 8.97. The van der Waals surface area contributed by atoms with Gasteiger partial charge in [0, 0.05) is 11.7 Å². The number of nitrogens with one attached hydrogen (secondary N) is 1. The van der Waals surface area contributed by atoms with Crippen LogP contribution in [0, 0.1) is 16.7 Å². The van der Waals surface area contributed by atoms with Crippen LogP contribution in [0.25, 0.3) is 0 Å². The second kappa shape index (κ2) is 4.26. The SMILES string of the molecule is CCc1ccc(NC2CC3CCC2(C)C3(C)C)cc1. The lowest BCUT2D eigenvalue weighted by atomic mass is 9.69. The number of fused-ring (bicyclic) bond motifs is 2. The summed E-state index contributed by atoms with van der Waals surface area (Å²) in [5.41, 5.74) is 3.67. The first-order valence-electron chi connectivity index (χ1n) is 7.83. The largest absolute Gasteiger partial charge is 0.382 e. The Morgan fingerprint density at radius 3 is 2.32 bits per heavy atom. The number of rotatable bonds is 3. The van der Waals surface area contributed by atoms with Gasteiger partial charge < -0.3 is 5.32 Å². The van der Waals surface area contributed by atoms with E-state index in [0.29, 0.717) is 16.9 Å². The van der Waals surface area contributed by atoms with Crippen molar-refractivity contribution in [2.24, 2.45) is 16.7 Å². The normalized spacial score (nSPS) is 35.6. The summed E-state index contributed by atoms with van der Waals surface area (Å²) in [7, 11) is 0. The van der Waals surface area contributed by atoms with Crippen LogP contribution in [0.4, 0.5) is 5.69 Å². The van der Waals surface area contributed by atoms with E-state index in [9.17, 15) is 0 Å². The highest BCUT2D eigenvalue weighted by Crippen LogP contribution is 2.65. The third-order valence-electron chi connectivity index (χ3n) is 6.50. The molecule has 19 heavy (non-hydrogen) atoms. The summed E-state index contributed by atoms with van der Waals surface area (Å²) in [5.74, 6) is 0.907. The Labute approximate surface area is 117 Å². The molecular weight excluding hydrogens is 230 g/mol. The highest BCUT2D eigenvalue weighted by Gasteiger charge is 2.61. The third-order valence-corrected chi connectivity index (χ3v) is 6.50. The lowest BCUT2D eigenvalue weighted by molar-refractivity contribution is 0.142. The van der Waals surface area contributed by atoms with Gasteiger partial charge in [-0.15, -0.1) is 0 Å². The van der Waals surface area contributed by atoms with Crippen molar-refractivity contribution in [1.82, 2.24) is 0 Å². The van der Waals surface area contributed by atoms with E-state index in [1.807, 2.05) is 0 Å². The maximum absolute atomic E-state index is 3.82. The number of hydrogen-bond donors (Lipinski definition) is 1. The molecule has 0 heterocycles. The molecule has 0 amide bonds. The average Bonchev–Trinajstić information content (AvgIpc) is 2.73. The molecule has 104 valence electrons. The van der Waals surface area contributed by atoms with Crippen LogP contribution in [-0.4, -0.2) is 6.04 Å². The van der Waals surface area contributed by atoms with Crippen LogP contribution < -0.4 is 5.32 Å². The first-order valence-corrected chi connectivity index (χ1v) is 7.83.